The van der Waals surface area contributed by atoms with Crippen LogP contribution >= 0.6 is 15.9 Å². The molecule has 0 saturated heterocycles. The topological polar surface area (TPSA) is 78.3 Å². The van der Waals surface area contributed by atoms with Crippen molar-refractivity contribution < 1.29 is 9.53 Å². The molecule has 0 unspecified atom stereocenters. The van der Waals surface area contributed by atoms with Crippen molar-refractivity contribution in [2.24, 2.45) is 11.5 Å². The van der Waals surface area contributed by atoms with Gasteiger partial charge in [0.25, 0.3) is 0 Å². The van der Waals surface area contributed by atoms with Crippen LogP contribution in [0.25, 0.3) is 0 Å². The number of amides is 1. The van der Waals surface area contributed by atoms with Crippen LogP contribution in [0.3, 0.4) is 0 Å². The summed E-state index contributed by atoms with van der Waals surface area (Å²) in [5, 5.41) is 0. The van der Waals surface area contributed by atoms with Gasteiger partial charge in [-0.1, -0.05) is 15.9 Å². The number of ether oxygens (including phenoxy) is 1. The third kappa shape index (κ3) is 3.83. The van der Waals surface area contributed by atoms with E-state index in [4.69, 9.17) is 16.2 Å². The predicted octanol–water partition coefficient (Wildman–Crippen LogP) is 1.72. The molecule has 0 aliphatic rings. The van der Waals surface area contributed by atoms with E-state index in [1.54, 1.807) is 0 Å². The highest BCUT2D eigenvalue weighted by molar-refractivity contribution is 9.10. The van der Waals surface area contributed by atoms with E-state index in [0.717, 1.165) is 10.0 Å². The quantitative estimate of drug-likeness (QED) is 0.865. The number of rotatable bonds is 5. The molecule has 1 aromatic rings. The lowest BCUT2D eigenvalue weighted by Gasteiger charge is -2.13. The van der Waals surface area contributed by atoms with Crippen LogP contribution in [0.15, 0.2) is 22.7 Å². The van der Waals surface area contributed by atoms with Gasteiger partial charge >= 0.3 is 0 Å². The third-order valence-corrected chi connectivity index (χ3v) is 2.56. The van der Waals surface area contributed by atoms with Gasteiger partial charge in [-0.25, -0.2) is 0 Å². The van der Waals surface area contributed by atoms with Crippen LogP contribution in [0.2, 0.25) is 0 Å². The minimum absolute atomic E-state index is 0.124. The van der Waals surface area contributed by atoms with E-state index in [2.05, 4.69) is 15.9 Å². The van der Waals surface area contributed by atoms with Gasteiger partial charge in [-0.05, 0) is 25.1 Å². The summed E-state index contributed by atoms with van der Waals surface area (Å²) in [6.07, 6.45) is 0.203. The fourth-order valence-corrected chi connectivity index (χ4v) is 1.65. The Morgan fingerprint density at radius 1 is 1.56 bits per heavy atom. The Kier molecular flexibility index (Phi) is 4.76. The fourth-order valence-electron chi connectivity index (χ4n) is 1.27. The average Bonchev–Trinajstić information content (AvgIpc) is 2.19. The first-order chi connectivity index (χ1) is 7.50. The highest BCUT2D eigenvalue weighted by Crippen LogP contribution is 2.27. The molecule has 4 nitrogen and oxygen atoms in total. The molecule has 0 aliphatic heterocycles. The minimum Gasteiger partial charge on any atom is -0.493 e. The summed E-state index contributed by atoms with van der Waals surface area (Å²) in [6, 6.07) is 5.47. The summed E-state index contributed by atoms with van der Waals surface area (Å²) >= 11 is 3.37. The van der Waals surface area contributed by atoms with E-state index in [9.17, 15) is 4.79 Å². The monoisotopic (exact) mass is 286 g/mol. The molecule has 16 heavy (non-hydrogen) atoms. The molecule has 1 amide bonds. The van der Waals surface area contributed by atoms with Crippen molar-refractivity contribution in [1.82, 2.24) is 0 Å². The molecule has 88 valence electrons. The molecule has 5 heteroatoms. The van der Waals surface area contributed by atoms with Crippen molar-refractivity contribution in [2.75, 3.05) is 6.61 Å². The van der Waals surface area contributed by atoms with Crippen molar-refractivity contribution in [3.63, 3.8) is 0 Å². The number of hydrogen-bond acceptors (Lipinski definition) is 3. The van der Waals surface area contributed by atoms with E-state index >= 15 is 0 Å². The molecule has 1 aromatic carbocycles. The van der Waals surface area contributed by atoms with Crippen LogP contribution in [-0.4, -0.2) is 12.5 Å². The Morgan fingerprint density at radius 3 is 2.81 bits per heavy atom. The molecule has 1 atom stereocenters. The molecule has 0 radical (unpaired) electrons. The first kappa shape index (κ1) is 13.0. The van der Waals surface area contributed by atoms with E-state index in [-0.39, 0.29) is 25.0 Å². The summed E-state index contributed by atoms with van der Waals surface area (Å²) in [5.41, 5.74) is 11.8. The maximum absolute atomic E-state index is 10.6. The fraction of sp³-hybridized carbons (Fsp3) is 0.364. The van der Waals surface area contributed by atoms with Gasteiger partial charge in [0.15, 0.2) is 0 Å². The largest absolute Gasteiger partial charge is 0.493 e. The Bertz CT molecular complexity index is 380. The molecular formula is C11H15BrN2O2. The second-order valence-electron chi connectivity index (χ2n) is 3.54. The summed E-state index contributed by atoms with van der Waals surface area (Å²) in [7, 11) is 0. The van der Waals surface area contributed by atoms with Crippen LogP contribution in [0.4, 0.5) is 0 Å². The van der Waals surface area contributed by atoms with Gasteiger partial charge in [0.05, 0.1) is 13.0 Å². The molecule has 0 aromatic heterocycles. The number of benzene rings is 1. The second-order valence-corrected chi connectivity index (χ2v) is 4.45. The van der Waals surface area contributed by atoms with Gasteiger partial charge in [0, 0.05) is 16.1 Å². The zero-order valence-electron chi connectivity index (χ0n) is 9.07. The van der Waals surface area contributed by atoms with Gasteiger partial charge in [-0.15, -0.1) is 0 Å². The molecule has 0 heterocycles. The number of primary amides is 1. The van der Waals surface area contributed by atoms with Gasteiger partial charge in [0.1, 0.15) is 5.75 Å². The smallest absolute Gasteiger partial charge is 0.220 e. The SMILES string of the molecule is C[C@@H](N)c1cc(Br)ccc1OCCC(N)=O. The third-order valence-electron chi connectivity index (χ3n) is 2.07. The second kappa shape index (κ2) is 5.86. The highest BCUT2D eigenvalue weighted by Gasteiger charge is 2.09. The number of hydrogen-bond donors (Lipinski definition) is 2. The summed E-state index contributed by atoms with van der Waals surface area (Å²) in [5.74, 6) is 0.318. The summed E-state index contributed by atoms with van der Waals surface area (Å²) in [4.78, 5) is 10.6. The van der Waals surface area contributed by atoms with Crippen LogP contribution in [0.1, 0.15) is 24.9 Å². The van der Waals surface area contributed by atoms with Gasteiger partial charge in [-0.2, -0.15) is 0 Å². The maximum atomic E-state index is 10.6. The zero-order valence-corrected chi connectivity index (χ0v) is 10.7. The van der Waals surface area contributed by atoms with Gasteiger partial charge in [0.2, 0.25) is 5.91 Å². The number of carbonyl (C=O) groups is 1. The highest BCUT2D eigenvalue weighted by atomic mass is 79.9. The molecule has 1 rings (SSSR count). The van der Waals surface area contributed by atoms with Crippen molar-refractivity contribution in [2.45, 2.75) is 19.4 Å². The molecule has 0 spiro atoms. The van der Waals surface area contributed by atoms with Crippen LogP contribution < -0.4 is 16.2 Å². The Morgan fingerprint density at radius 2 is 2.25 bits per heavy atom. The lowest BCUT2D eigenvalue weighted by Crippen LogP contribution is -2.15. The minimum atomic E-state index is -0.376. The average molecular weight is 287 g/mol. The van der Waals surface area contributed by atoms with Crippen molar-refractivity contribution in [3.05, 3.63) is 28.2 Å². The van der Waals surface area contributed by atoms with Gasteiger partial charge < -0.3 is 16.2 Å². The number of nitrogens with two attached hydrogens (primary N) is 2. The van der Waals surface area contributed by atoms with Crippen molar-refractivity contribution in [3.8, 4) is 5.75 Å². The van der Waals surface area contributed by atoms with E-state index in [0.29, 0.717) is 5.75 Å². The summed E-state index contributed by atoms with van der Waals surface area (Å²) < 4.78 is 6.41. The summed E-state index contributed by atoms with van der Waals surface area (Å²) in [6.45, 7) is 2.15. The number of halogens is 1. The van der Waals surface area contributed by atoms with Crippen molar-refractivity contribution in [1.29, 1.82) is 0 Å². The lowest BCUT2D eigenvalue weighted by atomic mass is 10.1. The molecule has 0 bridgehead atoms. The first-order valence-corrected chi connectivity index (χ1v) is 5.76. The standard InChI is InChI=1S/C11H15BrN2O2/c1-7(13)9-6-8(12)2-3-10(9)16-5-4-11(14)15/h2-3,6-7H,4-5,13H2,1H3,(H2,14,15)/t7-/m1/s1. The van der Waals surface area contributed by atoms with E-state index in [1.165, 1.54) is 0 Å². The van der Waals surface area contributed by atoms with Crippen LogP contribution in [0.5, 0.6) is 5.75 Å². The van der Waals surface area contributed by atoms with Crippen LogP contribution in [0, 0.1) is 0 Å². The molecule has 0 saturated carbocycles. The van der Waals surface area contributed by atoms with E-state index in [1.807, 2.05) is 25.1 Å². The molecule has 0 fully saturated rings. The Hall–Kier alpha value is -1.07. The normalized spacial score (nSPS) is 12.2. The predicted molar refractivity (Wildman–Crippen MR) is 66.1 cm³/mol. The van der Waals surface area contributed by atoms with Gasteiger partial charge in [-0.3, -0.25) is 4.79 Å². The van der Waals surface area contributed by atoms with Crippen molar-refractivity contribution >= 4 is 21.8 Å². The van der Waals surface area contributed by atoms with Crippen LogP contribution in [-0.2, 0) is 4.79 Å². The first-order valence-electron chi connectivity index (χ1n) is 4.97. The number of carbonyl (C=O) groups excluding carboxylic acids is 1. The maximum Gasteiger partial charge on any atom is 0.220 e. The van der Waals surface area contributed by atoms with E-state index < -0.39 is 0 Å². The zero-order chi connectivity index (χ0) is 12.1. The Balaban J connectivity index is 2.74. The lowest BCUT2D eigenvalue weighted by molar-refractivity contribution is -0.118. The molecule has 4 N–H and O–H groups in total. The Labute approximate surface area is 103 Å². The molecule has 0 aliphatic carbocycles. The molecular weight excluding hydrogens is 272 g/mol.